The van der Waals surface area contributed by atoms with Gasteiger partial charge in [-0.15, -0.1) is 0 Å². The van der Waals surface area contributed by atoms with Crippen molar-refractivity contribution in [3.8, 4) is 17.6 Å². The smallest absolute Gasteiger partial charge is 0.434 e. The Morgan fingerprint density at radius 3 is 2.13 bits per heavy atom. The maximum atomic E-state index is 12.8. The molecule has 1 fully saturated rings. The maximum Gasteiger partial charge on any atom is 0.434 e. The van der Waals surface area contributed by atoms with Crippen LogP contribution in [0.1, 0.15) is 25.5 Å². The second kappa shape index (κ2) is 10.8. The number of para-hydroxylation sites is 1. The van der Waals surface area contributed by atoms with Crippen LogP contribution < -0.4 is 4.74 Å². The molecule has 0 aliphatic heterocycles. The molecule has 2 aromatic carbocycles. The summed E-state index contributed by atoms with van der Waals surface area (Å²) in [5.41, 5.74) is -0.534. The minimum absolute atomic E-state index is 0.314. The van der Waals surface area contributed by atoms with Gasteiger partial charge in [-0.25, -0.2) is 4.79 Å². The molecule has 0 bridgehead atoms. The number of nitriles is 1. The number of benzene rings is 2. The van der Waals surface area contributed by atoms with Crippen molar-refractivity contribution in [1.29, 1.82) is 5.26 Å². The molecule has 202 valence electrons. The highest BCUT2D eigenvalue weighted by molar-refractivity contribution is 5.83. The molecular formula is C26H21F6NO5. The summed E-state index contributed by atoms with van der Waals surface area (Å²) in [5.74, 6) is -3.45. The van der Waals surface area contributed by atoms with Crippen molar-refractivity contribution in [3.63, 3.8) is 0 Å². The van der Waals surface area contributed by atoms with E-state index in [4.69, 9.17) is 9.47 Å². The maximum absolute atomic E-state index is 12.8. The van der Waals surface area contributed by atoms with Crippen molar-refractivity contribution >= 4 is 11.9 Å². The zero-order valence-corrected chi connectivity index (χ0v) is 19.9. The fourth-order valence-corrected chi connectivity index (χ4v) is 3.87. The number of carbonyl (C=O) groups excluding carboxylic acids is 2. The van der Waals surface area contributed by atoms with Gasteiger partial charge in [0.2, 0.25) is 6.10 Å². The molecule has 0 spiro atoms. The van der Waals surface area contributed by atoms with Crippen LogP contribution in [0, 0.1) is 28.6 Å². The molecule has 0 unspecified atom stereocenters. The van der Waals surface area contributed by atoms with E-state index >= 15 is 0 Å². The van der Waals surface area contributed by atoms with E-state index < -0.39 is 53.7 Å². The third-order valence-electron chi connectivity index (χ3n) is 5.92. The van der Waals surface area contributed by atoms with Crippen LogP contribution in [0.15, 0.2) is 66.7 Å². The number of nitrogens with zero attached hydrogens (tertiary/aromatic N) is 1. The first kappa shape index (κ1) is 28.6. The Morgan fingerprint density at radius 1 is 0.947 bits per heavy atom. The molecule has 1 aliphatic carbocycles. The van der Waals surface area contributed by atoms with Crippen molar-refractivity contribution in [2.24, 2.45) is 17.3 Å². The van der Waals surface area contributed by atoms with Crippen molar-refractivity contribution in [2.75, 3.05) is 0 Å². The largest absolute Gasteiger partial charge is 0.457 e. The van der Waals surface area contributed by atoms with Crippen molar-refractivity contribution < 1.29 is 50.1 Å². The van der Waals surface area contributed by atoms with E-state index in [1.807, 2.05) is 6.07 Å². The SMILES string of the molecule is CC1(C)[C@H](C(=O)O[C@@H](C#N)c2cccc(Oc3ccccc3)c2)[C@@H]1/C=C\C(=O)OC(C(F)(F)F)C(F)(F)F. The quantitative estimate of drug-likeness (QED) is 0.217. The Morgan fingerprint density at radius 2 is 1.55 bits per heavy atom. The lowest BCUT2D eigenvalue weighted by atomic mass is 10.1. The molecule has 1 aliphatic rings. The number of alkyl halides is 6. The van der Waals surface area contributed by atoms with E-state index in [-0.39, 0.29) is 0 Å². The molecule has 3 atom stereocenters. The summed E-state index contributed by atoms with van der Waals surface area (Å²) in [6.45, 7) is 3.17. The summed E-state index contributed by atoms with van der Waals surface area (Å²) in [4.78, 5) is 24.4. The summed E-state index contributed by atoms with van der Waals surface area (Å²) in [6.07, 6.45) is -15.9. The lowest BCUT2D eigenvalue weighted by molar-refractivity contribution is -0.312. The van der Waals surface area contributed by atoms with Gasteiger partial charge in [-0.1, -0.05) is 50.3 Å². The second-order valence-electron chi connectivity index (χ2n) is 9.02. The lowest BCUT2D eigenvalue weighted by Gasteiger charge is -2.22. The van der Waals surface area contributed by atoms with Gasteiger partial charge in [-0.05, 0) is 35.6 Å². The van der Waals surface area contributed by atoms with Gasteiger partial charge in [-0.2, -0.15) is 31.6 Å². The number of hydrogen-bond donors (Lipinski definition) is 0. The Bertz CT molecular complexity index is 1220. The Labute approximate surface area is 213 Å². The van der Waals surface area contributed by atoms with Crippen LogP contribution in [0.3, 0.4) is 0 Å². The third-order valence-corrected chi connectivity index (χ3v) is 5.92. The van der Waals surface area contributed by atoms with E-state index in [1.54, 1.807) is 62.4 Å². The predicted octanol–water partition coefficient (Wildman–Crippen LogP) is 6.45. The molecule has 0 N–H and O–H groups in total. The van der Waals surface area contributed by atoms with Crippen LogP contribution in [0.4, 0.5) is 26.3 Å². The Balaban J connectivity index is 1.65. The lowest BCUT2D eigenvalue weighted by Crippen LogP contribution is -2.45. The zero-order valence-electron chi connectivity index (χ0n) is 19.9. The van der Waals surface area contributed by atoms with E-state index in [0.29, 0.717) is 23.1 Å². The average molecular weight is 541 g/mol. The number of halogens is 6. The van der Waals surface area contributed by atoms with Crippen molar-refractivity contribution in [1.82, 2.24) is 0 Å². The summed E-state index contributed by atoms with van der Waals surface area (Å²) in [6, 6.07) is 16.9. The highest BCUT2D eigenvalue weighted by Gasteiger charge is 2.62. The fraction of sp³-hybridized carbons (Fsp3) is 0.346. The van der Waals surface area contributed by atoms with Crippen LogP contribution >= 0.6 is 0 Å². The number of ether oxygens (including phenoxy) is 3. The average Bonchev–Trinajstić information content (AvgIpc) is 3.39. The van der Waals surface area contributed by atoms with E-state index in [0.717, 1.165) is 6.08 Å². The van der Waals surface area contributed by atoms with Gasteiger partial charge in [0.15, 0.2) is 0 Å². The van der Waals surface area contributed by atoms with Crippen LogP contribution in [-0.4, -0.2) is 30.4 Å². The molecule has 38 heavy (non-hydrogen) atoms. The predicted molar refractivity (Wildman–Crippen MR) is 119 cm³/mol. The number of carbonyl (C=O) groups is 2. The number of rotatable bonds is 8. The molecule has 0 amide bonds. The standard InChI is InChI=1S/C26H21F6NO5/c1-24(2)18(11-12-20(34)38-23(25(27,28)29)26(30,31)32)21(24)22(35)37-19(14-33)15-7-6-10-17(13-15)36-16-8-4-3-5-9-16/h3-13,18-19,21,23H,1-2H3/b12-11-/t18-,19-,21-/m0/s1. The minimum Gasteiger partial charge on any atom is -0.457 e. The molecule has 0 saturated heterocycles. The van der Waals surface area contributed by atoms with Gasteiger partial charge in [0.25, 0.3) is 6.10 Å². The number of hydrogen-bond acceptors (Lipinski definition) is 6. The molecule has 0 aromatic heterocycles. The Kier molecular flexibility index (Phi) is 8.09. The van der Waals surface area contributed by atoms with Gasteiger partial charge < -0.3 is 14.2 Å². The van der Waals surface area contributed by atoms with E-state index in [9.17, 15) is 41.2 Å². The summed E-state index contributed by atoms with van der Waals surface area (Å²) in [5, 5.41) is 9.57. The minimum atomic E-state index is -5.84. The topological polar surface area (TPSA) is 85.6 Å². The van der Waals surface area contributed by atoms with E-state index in [2.05, 4.69) is 4.74 Å². The highest BCUT2D eigenvalue weighted by Crippen LogP contribution is 2.59. The first-order chi connectivity index (χ1) is 17.6. The molecule has 1 saturated carbocycles. The fourth-order valence-electron chi connectivity index (χ4n) is 3.87. The zero-order chi connectivity index (χ0) is 28.3. The van der Waals surface area contributed by atoms with Crippen LogP contribution in [-0.2, 0) is 19.1 Å². The highest BCUT2D eigenvalue weighted by atomic mass is 19.4. The van der Waals surface area contributed by atoms with Crippen LogP contribution in [0.5, 0.6) is 11.5 Å². The number of allylic oxidation sites excluding steroid dienone is 1. The first-order valence-electron chi connectivity index (χ1n) is 11.1. The molecule has 2 aromatic rings. The molecular weight excluding hydrogens is 520 g/mol. The van der Waals surface area contributed by atoms with E-state index in [1.165, 1.54) is 6.07 Å². The monoisotopic (exact) mass is 541 g/mol. The van der Waals surface area contributed by atoms with Gasteiger partial charge >= 0.3 is 24.3 Å². The van der Waals surface area contributed by atoms with Gasteiger partial charge in [0, 0.05) is 11.6 Å². The summed E-state index contributed by atoms with van der Waals surface area (Å²) >= 11 is 0. The normalized spacial score (nSPS) is 19.5. The molecule has 6 nitrogen and oxygen atoms in total. The van der Waals surface area contributed by atoms with Crippen LogP contribution in [0.25, 0.3) is 0 Å². The molecule has 0 radical (unpaired) electrons. The molecule has 0 heterocycles. The molecule has 3 rings (SSSR count). The van der Waals surface area contributed by atoms with Crippen LogP contribution in [0.2, 0.25) is 0 Å². The van der Waals surface area contributed by atoms with Crippen molar-refractivity contribution in [2.45, 2.75) is 38.4 Å². The first-order valence-corrected chi connectivity index (χ1v) is 11.1. The van der Waals surface area contributed by atoms with Gasteiger partial charge in [-0.3, -0.25) is 4.79 Å². The molecule has 12 heteroatoms. The third kappa shape index (κ3) is 6.85. The van der Waals surface area contributed by atoms with Gasteiger partial charge in [0.1, 0.15) is 17.6 Å². The Hall–Kier alpha value is -4.01. The van der Waals surface area contributed by atoms with Gasteiger partial charge in [0.05, 0.1) is 5.92 Å². The second-order valence-corrected chi connectivity index (χ2v) is 9.02. The number of esters is 2. The summed E-state index contributed by atoms with van der Waals surface area (Å²) < 4.78 is 90.2. The summed E-state index contributed by atoms with van der Waals surface area (Å²) in [7, 11) is 0. The van der Waals surface area contributed by atoms with Crippen molar-refractivity contribution in [3.05, 3.63) is 72.3 Å².